The second-order valence-corrected chi connectivity index (χ2v) is 8.76. The fourth-order valence-electron chi connectivity index (χ4n) is 3.58. The molecular weight excluding hydrogens is 477 g/mol. The van der Waals surface area contributed by atoms with E-state index >= 15 is 0 Å². The van der Waals surface area contributed by atoms with Gasteiger partial charge >= 0.3 is 6.18 Å². The lowest BCUT2D eigenvalue weighted by Crippen LogP contribution is -2.42. The monoisotopic (exact) mass is 498 g/mol. The zero-order valence-corrected chi connectivity index (χ0v) is 19.5. The van der Waals surface area contributed by atoms with Gasteiger partial charge in [-0.1, -0.05) is 54.2 Å². The maximum Gasteiger partial charge on any atom is 0.416 e. The van der Waals surface area contributed by atoms with E-state index in [1.807, 2.05) is 30.3 Å². The molecule has 0 fully saturated rings. The Labute approximate surface area is 204 Å². The molecule has 0 aliphatic carbocycles. The molecule has 1 aliphatic heterocycles. The van der Waals surface area contributed by atoms with Crippen molar-refractivity contribution in [3.8, 4) is 5.75 Å². The van der Waals surface area contributed by atoms with E-state index in [0.29, 0.717) is 21.9 Å². The molecule has 1 aliphatic rings. The number of rotatable bonds is 6. The number of methoxy groups -OCH3 is 1. The van der Waals surface area contributed by atoms with Crippen LogP contribution in [0.5, 0.6) is 5.75 Å². The molecule has 0 bridgehead atoms. The lowest BCUT2D eigenvalue weighted by molar-refractivity contribution is -0.137. The van der Waals surface area contributed by atoms with Gasteiger partial charge in [0.1, 0.15) is 12.3 Å². The average Bonchev–Trinajstić information content (AvgIpc) is 2.85. The Bertz CT molecular complexity index is 1270. The first-order valence-corrected chi connectivity index (χ1v) is 11.4. The number of fused-ring (bicyclic) bond motifs is 1. The van der Waals surface area contributed by atoms with Crippen molar-refractivity contribution in [3.05, 3.63) is 94.4 Å². The molecule has 3 aromatic rings. The number of thioether (sulfide) groups is 1. The van der Waals surface area contributed by atoms with Gasteiger partial charge in [-0.2, -0.15) is 13.2 Å². The second kappa shape index (κ2) is 10.3. The van der Waals surface area contributed by atoms with E-state index in [-0.39, 0.29) is 19.0 Å². The Morgan fingerprint density at radius 1 is 1.03 bits per heavy atom. The third-order valence-electron chi connectivity index (χ3n) is 5.34. The van der Waals surface area contributed by atoms with Crippen LogP contribution in [0.3, 0.4) is 0 Å². The maximum atomic E-state index is 13.3. The summed E-state index contributed by atoms with van der Waals surface area (Å²) in [5.41, 5.74) is 1.08. The molecule has 0 atom stereocenters. The van der Waals surface area contributed by atoms with Crippen LogP contribution in [0.4, 0.5) is 18.9 Å². The number of ether oxygens (including phenoxy) is 1. The lowest BCUT2D eigenvalue weighted by Gasteiger charge is -2.29. The van der Waals surface area contributed by atoms with Crippen molar-refractivity contribution in [2.24, 2.45) is 0 Å². The van der Waals surface area contributed by atoms with E-state index in [2.05, 4.69) is 5.32 Å². The molecule has 0 radical (unpaired) electrons. The predicted octanol–water partition coefficient (Wildman–Crippen LogP) is 5.51. The molecule has 1 N–H and O–H groups in total. The standard InChI is InChI=1S/C26H21F3N2O3S/c1-34-21-8-4-2-6-18(21)15-30-24(32)16-31-20-7-3-5-9-22(20)35-23(25(31)33)14-17-10-12-19(13-11-17)26(27,28)29/h2-14H,15-16H2,1H3,(H,30,32)/b23-14-. The third kappa shape index (κ3) is 5.68. The van der Waals surface area contributed by atoms with Crippen molar-refractivity contribution in [2.45, 2.75) is 17.6 Å². The van der Waals surface area contributed by atoms with E-state index in [1.54, 1.807) is 25.3 Å². The second-order valence-electron chi connectivity index (χ2n) is 7.68. The smallest absolute Gasteiger partial charge is 0.416 e. The molecule has 0 unspecified atom stereocenters. The summed E-state index contributed by atoms with van der Waals surface area (Å²) in [4.78, 5) is 28.5. The van der Waals surface area contributed by atoms with Crippen molar-refractivity contribution in [2.75, 3.05) is 18.6 Å². The summed E-state index contributed by atoms with van der Waals surface area (Å²) in [6.45, 7) is 0.0193. The van der Waals surface area contributed by atoms with Crippen LogP contribution in [0.2, 0.25) is 0 Å². The number of anilines is 1. The van der Waals surface area contributed by atoms with E-state index in [0.717, 1.165) is 22.6 Å². The molecule has 0 aromatic heterocycles. The first-order chi connectivity index (χ1) is 16.8. The highest BCUT2D eigenvalue weighted by Gasteiger charge is 2.31. The van der Waals surface area contributed by atoms with Gasteiger partial charge < -0.3 is 10.1 Å². The average molecular weight is 499 g/mol. The van der Waals surface area contributed by atoms with Crippen LogP contribution in [0.25, 0.3) is 6.08 Å². The topological polar surface area (TPSA) is 58.6 Å². The van der Waals surface area contributed by atoms with E-state index in [1.165, 1.54) is 34.9 Å². The molecule has 4 rings (SSSR count). The summed E-state index contributed by atoms with van der Waals surface area (Å²) >= 11 is 1.22. The molecule has 1 heterocycles. The Kier molecular flexibility index (Phi) is 7.16. The number of carbonyl (C=O) groups is 2. The van der Waals surface area contributed by atoms with Crippen molar-refractivity contribution >= 4 is 35.3 Å². The molecule has 2 amide bonds. The van der Waals surface area contributed by atoms with Crippen LogP contribution < -0.4 is 15.0 Å². The van der Waals surface area contributed by atoms with E-state index < -0.39 is 17.6 Å². The minimum Gasteiger partial charge on any atom is -0.496 e. The van der Waals surface area contributed by atoms with Crippen molar-refractivity contribution in [1.82, 2.24) is 5.32 Å². The third-order valence-corrected chi connectivity index (χ3v) is 6.42. The summed E-state index contributed by atoms with van der Waals surface area (Å²) < 4.78 is 43.9. The van der Waals surface area contributed by atoms with Crippen LogP contribution in [-0.4, -0.2) is 25.5 Å². The molecule has 0 spiro atoms. The number of para-hydroxylation sites is 2. The normalized spacial score (nSPS) is 14.6. The molecule has 5 nitrogen and oxygen atoms in total. The van der Waals surface area contributed by atoms with Crippen LogP contribution in [0.15, 0.2) is 82.6 Å². The number of nitrogens with one attached hydrogen (secondary N) is 1. The fourth-order valence-corrected chi connectivity index (χ4v) is 4.64. The summed E-state index contributed by atoms with van der Waals surface area (Å²) in [7, 11) is 1.55. The van der Waals surface area contributed by atoms with Crippen LogP contribution in [0.1, 0.15) is 16.7 Å². The van der Waals surface area contributed by atoms with Gasteiger partial charge in [-0.05, 0) is 42.0 Å². The van der Waals surface area contributed by atoms with Gasteiger partial charge in [-0.3, -0.25) is 14.5 Å². The first kappa shape index (κ1) is 24.4. The van der Waals surface area contributed by atoms with Gasteiger partial charge in [0, 0.05) is 17.0 Å². The van der Waals surface area contributed by atoms with Gasteiger partial charge in [-0.15, -0.1) is 0 Å². The van der Waals surface area contributed by atoms with E-state index in [9.17, 15) is 22.8 Å². The highest BCUT2D eigenvalue weighted by molar-refractivity contribution is 8.04. The molecule has 0 saturated heterocycles. The minimum absolute atomic E-state index is 0.212. The van der Waals surface area contributed by atoms with E-state index in [4.69, 9.17) is 4.74 Å². The quantitative estimate of drug-likeness (QED) is 0.456. The number of halogens is 3. The number of alkyl halides is 3. The molecule has 3 aromatic carbocycles. The summed E-state index contributed by atoms with van der Waals surface area (Å²) in [5, 5.41) is 2.81. The Morgan fingerprint density at radius 3 is 2.43 bits per heavy atom. The Hall–Kier alpha value is -3.72. The zero-order valence-electron chi connectivity index (χ0n) is 18.6. The molecule has 9 heteroatoms. The van der Waals surface area contributed by atoms with Crippen LogP contribution in [0, 0.1) is 0 Å². The number of amides is 2. The van der Waals surface area contributed by atoms with Crippen LogP contribution >= 0.6 is 11.8 Å². The lowest BCUT2D eigenvalue weighted by atomic mass is 10.1. The van der Waals surface area contributed by atoms with Crippen LogP contribution in [-0.2, 0) is 22.3 Å². The molecule has 180 valence electrons. The van der Waals surface area contributed by atoms with Gasteiger partial charge in [0.25, 0.3) is 5.91 Å². The fraction of sp³-hybridized carbons (Fsp3) is 0.154. The number of hydrogen-bond acceptors (Lipinski definition) is 4. The van der Waals surface area contributed by atoms with Gasteiger partial charge in [-0.25, -0.2) is 0 Å². The van der Waals surface area contributed by atoms with Crippen molar-refractivity contribution < 1.29 is 27.5 Å². The highest BCUT2D eigenvalue weighted by atomic mass is 32.2. The molecule has 0 saturated carbocycles. The maximum absolute atomic E-state index is 13.3. The number of nitrogens with zero attached hydrogens (tertiary/aromatic N) is 1. The van der Waals surface area contributed by atoms with Crippen molar-refractivity contribution in [1.29, 1.82) is 0 Å². The largest absolute Gasteiger partial charge is 0.496 e. The predicted molar refractivity (Wildman–Crippen MR) is 129 cm³/mol. The first-order valence-electron chi connectivity index (χ1n) is 10.6. The van der Waals surface area contributed by atoms with Gasteiger partial charge in [0.15, 0.2) is 0 Å². The van der Waals surface area contributed by atoms with Gasteiger partial charge in [0.05, 0.1) is 23.3 Å². The van der Waals surface area contributed by atoms with Crippen molar-refractivity contribution in [3.63, 3.8) is 0 Å². The molecular formula is C26H21F3N2O3S. The Balaban J connectivity index is 1.54. The number of hydrogen-bond donors (Lipinski definition) is 1. The summed E-state index contributed by atoms with van der Waals surface area (Å²) in [6.07, 6.45) is -2.91. The summed E-state index contributed by atoms with van der Waals surface area (Å²) in [5.74, 6) is -0.119. The number of carbonyl (C=O) groups excluding carboxylic acids is 2. The van der Waals surface area contributed by atoms with Gasteiger partial charge in [0.2, 0.25) is 5.91 Å². The molecule has 35 heavy (non-hydrogen) atoms. The summed E-state index contributed by atoms with van der Waals surface area (Å²) in [6, 6.07) is 19.0. The SMILES string of the molecule is COc1ccccc1CNC(=O)CN1C(=O)/C(=C/c2ccc(C(F)(F)F)cc2)Sc2ccccc21. The number of benzene rings is 3. The minimum atomic E-state index is -4.44. The highest BCUT2D eigenvalue weighted by Crippen LogP contribution is 2.42. The zero-order chi connectivity index (χ0) is 25.0. The Morgan fingerprint density at radius 2 is 1.71 bits per heavy atom.